The third-order valence-electron chi connectivity index (χ3n) is 3.20. The summed E-state index contributed by atoms with van der Waals surface area (Å²) in [4.78, 5) is 18.0. The van der Waals surface area contributed by atoms with E-state index in [0.29, 0.717) is 18.8 Å². The lowest BCUT2D eigenvalue weighted by Gasteiger charge is -2.34. The molecule has 0 radical (unpaired) electrons. The highest BCUT2D eigenvalue weighted by Gasteiger charge is 2.29. The van der Waals surface area contributed by atoms with Gasteiger partial charge in [-0.2, -0.15) is 0 Å². The second-order valence-electron chi connectivity index (χ2n) is 4.71. The maximum absolute atomic E-state index is 11.4. The lowest BCUT2D eigenvalue weighted by molar-refractivity contribution is -0.124. The molecule has 5 nitrogen and oxygen atoms in total. The Bertz CT molecular complexity index is 641. The lowest BCUT2D eigenvalue weighted by Crippen LogP contribution is -2.47. The van der Waals surface area contributed by atoms with Gasteiger partial charge in [-0.05, 0) is 19.1 Å². The summed E-state index contributed by atoms with van der Waals surface area (Å²) in [5, 5.41) is 3.07. The molecular weight excluding hydrogens is 274 g/mol. The summed E-state index contributed by atoms with van der Waals surface area (Å²) >= 11 is 1.62. The van der Waals surface area contributed by atoms with E-state index in [9.17, 15) is 4.79 Å². The summed E-state index contributed by atoms with van der Waals surface area (Å²) in [6, 6.07) is 7.66. The van der Waals surface area contributed by atoms with Gasteiger partial charge in [0.1, 0.15) is 5.75 Å². The van der Waals surface area contributed by atoms with Crippen LogP contribution in [0.15, 0.2) is 29.6 Å². The Morgan fingerprint density at radius 3 is 3.05 bits per heavy atom. The predicted molar refractivity (Wildman–Crippen MR) is 78.0 cm³/mol. The van der Waals surface area contributed by atoms with E-state index in [1.54, 1.807) is 11.3 Å². The van der Waals surface area contributed by atoms with E-state index in [2.05, 4.69) is 9.88 Å². The van der Waals surface area contributed by atoms with Gasteiger partial charge >= 0.3 is 0 Å². The van der Waals surface area contributed by atoms with Crippen molar-refractivity contribution in [3.8, 4) is 5.75 Å². The van der Waals surface area contributed by atoms with Crippen LogP contribution >= 0.6 is 11.3 Å². The molecule has 1 atom stereocenters. The molecule has 0 aliphatic carbocycles. The minimum absolute atomic E-state index is 0.445. The molecule has 1 aromatic heterocycles. The minimum Gasteiger partial charge on any atom is -0.477 e. The zero-order valence-electron chi connectivity index (χ0n) is 11.1. The van der Waals surface area contributed by atoms with E-state index in [1.807, 2.05) is 36.6 Å². The van der Waals surface area contributed by atoms with Gasteiger partial charge in [0.2, 0.25) is 0 Å². The number of nitrogens with zero attached hydrogens (tertiary/aromatic N) is 2. The number of thiazole rings is 1. The summed E-state index contributed by atoms with van der Waals surface area (Å²) in [5.41, 5.74) is 7.34. The molecular formula is C14H15N3O2S. The van der Waals surface area contributed by atoms with Crippen molar-refractivity contribution in [2.75, 3.05) is 11.4 Å². The van der Waals surface area contributed by atoms with Crippen molar-refractivity contribution >= 4 is 22.9 Å². The Morgan fingerprint density at radius 2 is 2.35 bits per heavy atom. The average Bonchev–Trinajstić information content (AvgIpc) is 2.84. The number of ether oxygens (including phenoxy) is 1. The van der Waals surface area contributed by atoms with E-state index in [0.717, 1.165) is 16.4 Å². The molecule has 1 aromatic carbocycles. The number of amides is 1. The van der Waals surface area contributed by atoms with Crippen molar-refractivity contribution in [3.63, 3.8) is 0 Å². The molecule has 0 unspecified atom stereocenters. The van der Waals surface area contributed by atoms with Crippen molar-refractivity contribution < 1.29 is 9.53 Å². The van der Waals surface area contributed by atoms with E-state index < -0.39 is 12.0 Å². The molecule has 2 heterocycles. The first-order valence-electron chi connectivity index (χ1n) is 6.34. The van der Waals surface area contributed by atoms with E-state index >= 15 is 0 Å². The molecule has 0 fully saturated rings. The Labute approximate surface area is 121 Å². The highest BCUT2D eigenvalue weighted by Crippen LogP contribution is 2.34. The number of hydrogen-bond acceptors (Lipinski definition) is 5. The fourth-order valence-corrected chi connectivity index (χ4v) is 2.89. The van der Waals surface area contributed by atoms with Crippen molar-refractivity contribution in [1.29, 1.82) is 0 Å². The van der Waals surface area contributed by atoms with Crippen molar-refractivity contribution in [3.05, 3.63) is 40.3 Å². The second-order valence-corrected chi connectivity index (χ2v) is 5.78. The quantitative estimate of drug-likeness (QED) is 0.934. The SMILES string of the molecule is Cc1nc(CN2C[C@@H](C(N)=O)Oc3ccccc32)cs1. The van der Waals surface area contributed by atoms with Crippen LogP contribution in [0.3, 0.4) is 0 Å². The maximum atomic E-state index is 11.4. The molecule has 0 saturated heterocycles. The highest BCUT2D eigenvalue weighted by molar-refractivity contribution is 7.09. The second kappa shape index (κ2) is 5.13. The fourth-order valence-electron chi connectivity index (χ4n) is 2.28. The van der Waals surface area contributed by atoms with Crippen molar-refractivity contribution in [1.82, 2.24) is 4.98 Å². The lowest BCUT2D eigenvalue weighted by atomic mass is 10.1. The van der Waals surface area contributed by atoms with Gasteiger partial charge in [-0.3, -0.25) is 4.79 Å². The first kappa shape index (κ1) is 12.9. The van der Waals surface area contributed by atoms with Gasteiger partial charge in [0.05, 0.1) is 29.5 Å². The zero-order valence-corrected chi connectivity index (χ0v) is 11.9. The third-order valence-corrected chi connectivity index (χ3v) is 4.02. The van der Waals surface area contributed by atoms with Crippen molar-refractivity contribution in [2.24, 2.45) is 5.73 Å². The van der Waals surface area contributed by atoms with Gasteiger partial charge in [0, 0.05) is 5.38 Å². The monoisotopic (exact) mass is 289 g/mol. The Hall–Kier alpha value is -2.08. The van der Waals surface area contributed by atoms with Gasteiger partial charge in [-0.25, -0.2) is 4.98 Å². The number of hydrogen-bond donors (Lipinski definition) is 1. The Morgan fingerprint density at radius 1 is 1.55 bits per heavy atom. The first-order chi connectivity index (χ1) is 9.63. The number of para-hydroxylation sites is 2. The van der Waals surface area contributed by atoms with Gasteiger partial charge < -0.3 is 15.4 Å². The molecule has 2 N–H and O–H groups in total. The first-order valence-corrected chi connectivity index (χ1v) is 7.22. The molecule has 6 heteroatoms. The number of aromatic nitrogens is 1. The largest absolute Gasteiger partial charge is 0.477 e. The number of fused-ring (bicyclic) bond motifs is 1. The van der Waals surface area contributed by atoms with Crippen LogP contribution in [0.1, 0.15) is 10.7 Å². The van der Waals surface area contributed by atoms with E-state index in [1.165, 1.54) is 0 Å². The number of carbonyl (C=O) groups excluding carboxylic acids is 1. The van der Waals surface area contributed by atoms with Crippen LogP contribution in [0.4, 0.5) is 5.69 Å². The van der Waals surface area contributed by atoms with Crippen LogP contribution in [0.25, 0.3) is 0 Å². The molecule has 0 spiro atoms. The number of carbonyl (C=O) groups is 1. The molecule has 1 aliphatic rings. The Kier molecular flexibility index (Phi) is 3.31. The summed E-state index contributed by atoms with van der Waals surface area (Å²) in [7, 11) is 0. The standard InChI is InChI=1S/C14H15N3O2S/c1-9-16-10(8-20-9)6-17-7-13(14(15)18)19-12-5-3-2-4-11(12)17/h2-5,8,13H,6-7H2,1H3,(H2,15,18)/t13-/m0/s1. The molecule has 1 aliphatic heterocycles. The van der Waals surface area contributed by atoms with Crippen LogP contribution in [-0.2, 0) is 11.3 Å². The molecule has 1 amide bonds. The normalized spacial score (nSPS) is 17.4. The molecule has 104 valence electrons. The van der Waals surface area contributed by atoms with Crippen LogP contribution in [0.5, 0.6) is 5.75 Å². The molecule has 2 aromatic rings. The molecule has 20 heavy (non-hydrogen) atoms. The van der Waals surface area contributed by atoms with Gasteiger partial charge in [0.15, 0.2) is 6.10 Å². The number of primary amides is 1. The van der Waals surface area contributed by atoms with Gasteiger partial charge in [0.25, 0.3) is 5.91 Å². The summed E-state index contributed by atoms with van der Waals surface area (Å²) < 4.78 is 5.63. The molecule has 3 rings (SSSR count). The van der Waals surface area contributed by atoms with Crippen LogP contribution in [-0.4, -0.2) is 23.5 Å². The average molecular weight is 289 g/mol. The third kappa shape index (κ3) is 2.46. The highest BCUT2D eigenvalue weighted by atomic mass is 32.1. The molecule has 0 saturated carbocycles. The summed E-state index contributed by atoms with van der Waals surface area (Å²) in [5.74, 6) is 0.244. The van der Waals surface area contributed by atoms with Gasteiger partial charge in [-0.15, -0.1) is 11.3 Å². The van der Waals surface area contributed by atoms with Crippen LogP contribution < -0.4 is 15.4 Å². The number of anilines is 1. The minimum atomic E-state index is -0.621. The fraction of sp³-hybridized carbons (Fsp3) is 0.286. The number of benzene rings is 1. The van der Waals surface area contributed by atoms with Gasteiger partial charge in [-0.1, -0.05) is 12.1 Å². The number of aryl methyl sites for hydroxylation is 1. The summed E-state index contributed by atoms with van der Waals surface area (Å²) in [6.45, 7) is 3.07. The van der Waals surface area contributed by atoms with E-state index in [4.69, 9.17) is 10.5 Å². The summed E-state index contributed by atoms with van der Waals surface area (Å²) in [6.07, 6.45) is -0.621. The number of nitrogens with two attached hydrogens (primary N) is 1. The predicted octanol–water partition coefficient (Wildman–Crippen LogP) is 1.70. The topological polar surface area (TPSA) is 68.5 Å². The van der Waals surface area contributed by atoms with Crippen LogP contribution in [0, 0.1) is 6.92 Å². The number of rotatable bonds is 3. The smallest absolute Gasteiger partial charge is 0.260 e. The Balaban J connectivity index is 1.90. The van der Waals surface area contributed by atoms with Crippen molar-refractivity contribution in [2.45, 2.75) is 19.6 Å². The maximum Gasteiger partial charge on any atom is 0.260 e. The zero-order chi connectivity index (χ0) is 14.1. The van der Waals surface area contributed by atoms with Crippen LogP contribution in [0.2, 0.25) is 0 Å². The molecule has 0 bridgehead atoms. The van der Waals surface area contributed by atoms with E-state index in [-0.39, 0.29) is 0 Å².